The predicted octanol–water partition coefficient (Wildman–Crippen LogP) is 3.92. The molecule has 1 nitrogen and oxygen atoms in total. The lowest BCUT2D eigenvalue weighted by atomic mass is 10.1. The molecule has 88 valence electrons. The number of rotatable bonds is 2. The molecule has 0 radical (unpaired) electrons. The number of hydrogen-bond acceptors (Lipinski definition) is 1. The third-order valence-corrected chi connectivity index (χ3v) is 2.42. The summed E-state index contributed by atoms with van der Waals surface area (Å²) in [6.45, 7) is 0. The summed E-state index contributed by atoms with van der Waals surface area (Å²) >= 11 is 10.4. The molecule has 0 heterocycles. The van der Waals surface area contributed by atoms with E-state index in [1.807, 2.05) is 0 Å². The number of benzene rings is 1. The van der Waals surface area contributed by atoms with Crippen LogP contribution in [0.15, 0.2) is 12.1 Å². The molecule has 1 rings (SSSR count). The van der Waals surface area contributed by atoms with Crippen LogP contribution in [0.5, 0.6) is 0 Å². The molecule has 0 aliphatic rings. The average molecular weight is 275 g/mol. The van der Waals surface area contributed by atoms with Crippen molar-refractivity contribution in [3.63, 3.8) is 0 Å². The Balaban J connectivity index is 3.35. The van der Waals surface area contributed by atoms with Crippen molar-refractivity contribution in [3.8, 4) is 0 Å². The Bertz CT molecular complexity index is 428. The molecule has 0 N–H and O–H groups in total. The first-order valence-electron chi connectivity index (χ1n) is 3.93. The Morgan fingerprint density at radius 2 is 1.88 bits per heavy atom. The van der Waals surface area contributed by atoms with Crippen molar-refractivity contribution >= 4 is 29.0 Å². The van der Waals surface area contributed by atoms with Crippen LogP contribution in [0.3, 0.4) is 0 Å². The highest BCUT2D eigenvalue weighted by molar-refractivity contribution is 6.33. The number of Topliss-reactive ketones (excluding diaryl/α,β-unsaturated/α-hetero) is 1. The number of halogens is 6. The van der Waals surface area contributed by atoms with Crippen LogP contribution in [0.4, 0.5) is 17.6 Å². The number of hydrogen-bond donors (Lipinski definition) is 0. The van der Waals surface area contributed by atoms with Gasteiger partial charge in [-0.1, -0.05) is 11.6 Å². The molecule has 0 fully saturated rings. The number of alkyl halides is 4. The predicted molar refractivity (Wildman–Crippen MR) is 51.5 cm³/mol. The third kappa shape index (κ3) is 2.47. The first-order valence-corrected chi connectivity index (χ1v) is 4.84. The van der Waals surface area contributed by atoms with Crippen LogP contribution in [0.25, 0.3) is 0 Å². The summed E-state index contributed by atoms with van der Waals surface area (Å²) in [5.41, 5.74) is -1.87. The zero-order valence-corrected chi connectivity index (χ0v) is 9.05. The SMILES string of the molecule is O=C(CCl)c1ccc(C(F)(F)F)c(Cl)c1F. The van der Waals surface area contributed by atoms with E-state index in [4.69, 9.17) is 23.2 Å². The van der Waals surface area contributed by atoms with Crippen LogP contribution >= 0.6 is 23.2 Å². The molecule has 0 unspecified atom stereocenters. The molecule has 0 saturated carbocycles. The van der Waals surface area contributed by atoms with E-state index >= 15 is 0 Å². The van der Waals surface area contributed by atoms with Crippen LogP contribution in [0.2, 0.25) is 5.02 Å². The summed E-state index contributed by atoms with van der Waals surface area (Å²) in [5, 5.41) is -1.12. The minimum atomic E-state index is -4.76. The van der Waals surface area contributed by atoms with Crippen LogP contribution in [-0.4, -0.2) is 11.7 Å². The van der Waals surface area contributed by atoms with E-state index in [-0.39, 0.29) is 0 Å². The van der Waals surface area contributed by atoms with Crippen molar-refractivity contribution in [2.24, 2.45) is 0 Å². The molecule has 0 bridgehead atoms. The van der Waals surface area contributed by atoms with Crippen LogP contribution in [0.1, 0.15) is 15.9 Å². The topological polar surface area (TPSA) is 17.1 Å². The largest absolute Gasteiger partial charge is 0.417 e. The zero-order chi connectivity index (χ0) is 12.5. The van der Waals surface area contributed by atoms with E-state index in [9.17, 15) is 22.4 Å². The quantitative estimate of drug-likeness (QED) is 0.454. The second kappa shape index (κ2) is 4.59. The third-order valence-electron chi connectivity index (χ3n) is 1.81. The van der Waals surface area contributed by atoms with Gasteiger partial charge in [0.2, 0.25) is 0 Å². The van der Waals surface area contributed by atoms with Crippen LogP contribution in [0, 0.1) is 5.82 Å². The maximum absolute atomic E-state index is 13.3. The van der Waals surface area contributed by atoms with Gasteiger partial charge in [0.1, 0.15) is 0 Å². The van der Waals surface area contributed by atoms with E-state index in [0.717, 1.165) is 6.07 Å². The van der Waals surface area contributed by atoms with E-state index in [1.165, 1.54) is 0 Å². The van der Waals surface area contributed by atoms with Gasteiger partial charge < -0.3 is 0 Å². The van der Waals surface area contributed by atoms with Gasteiger partial charge in [0.25, 0.3) is 0 Å². The lowest BCUT2D eigenvalue weighted by Gasteiger charge is -2.10. The summed E-state index contributed by atoms with van der Waals surface area (Å²) < 4.78 is 50.2. The summed E-state index contributed by atoms with van der Waals surface area (Å²) in [5.74, 6) is -2.75. The smallest absolute Gasteiger partial charge is 0.293 e. The second-order valence-electron chi connectivity index (χ2n) is 2.84. The molecule has 1 aromatic rings. The van der Waals surface area contributed by atoms with Gasteiger partial charge >= 0.3 is 6.18 Å². The molecule has 0 saturated heterocycles. The van der Waals surface area contributed by atoms with Crippen molar-refractivity contribution in [2.45, 2.75) is 6.18 Å². The van der Waals surface area contributed by atoms with Gasteiger partial charge in [0.05, 0.1) is 22.0 Å². The van der Waals surface area contributed by atoms with Gasteiger partial charge in [-0.2, -0.15) is 13.2 Å². The molecule has 7 heteroatoms. The monoisotopic (exact) mass is 274 g/mol. The highest BCUT2D eigenvalue weighted by atomic mass is 35.5. The van der Waals surface area contributed by atoms with Gasteiger partial charge in [-0.15, -0.1) is 11.6 Å². The average Bonchev–Trinajstić information content (AvgIpc) is 2.19. The standard InChI is InChI=1S/C9H4Cl2F4O/c10-3-6(16)4-1-2-5(9(13,14)15)7(11)8(4)12/h1-2H,3H2. The molecule has 0 atom stereocenters. The summed E-state index contributed by atoms with van der Waals surface area (Å²) in [6.07, 6.45) is -4.76. The molecule has 0 aliphatic heterocycles. The van der Waals surface area contributed by atoms with Gasteiger partial charge in [-0.05, 0) is 12.1 Å². The van der Waals surface area contributed by atoms with E-state index in [2.05, 4.69) is 0 Å². The Morgan fingerprint density at radius 3 is 2.31 bits per heavy atom. The summed E-state index contributed by atoms with van der Waals surface area (Å²) in [6, 6.07) is 1.26. The highest BCUT2D eigenvalue weighted by Gasteiger charge is 2.35. The molecule has 0 amide bonds. The van der Waals surface area contributed by atoms with Crippen LogP contribution in [-0.2, 0) is 6.18 Å². The van der Waals surface area contributed by atoms with Gasteiger partial charge in [0, 0.05) is 0 Å². The Kier molecular flexibility index (Phi) is 3.80. The summed E-state index contributed by atoms with van der Waals surface area (Å²) in [7, 11) is 0. The van der Waals surface area contributed by atoms with Crippen molar-refractivity contribution in [2.75, 3.05) is 5.88 Å². The number of carbonyl (C=O) groups excluding carboxylic acids is 1. The number of ketones is 1. The Hall–Kier alpha value is -0.810. The molecule has 0 spiro atoms. The fraction of sp³-hybridized carbons (Fsp3) is 0.222. The zero-order valence-electron chi connectivity index (χ0n) is 7.54. The Labute approximate surface area is 98.0 Å². The fourth-order valence-electron chi connectivity index (χ4n) is 1.06. The van der Waals surface area contributed by atoms with Crippen LogP contribution < -0.4 is 0 Å². The minimum absolute atomic E-state index is 0.529. The van der Waals surface area contributed by atoms with Gasteiger partial charge in [-0.25, -0.2) is 4.39 Å². The molecule has 0 aromatic heterocycles. The molecular weight excluding hydrogens is 271 g/mol. The van der Waals surface area contributed by atoms with Crippen molar-refractivity contribution in [3.05, 3.63) is 34.1 Å². The normalized spacial score (nSPS) is 11.6. The first kappa shape index (κ1) is 13.3. The van der Waals surface area contributed by atoms with E-state index < -0.39 is 39.8 Å². The highest BCUT2D eigenvalue weighted by Crippen LogP contribution is 2.36. The maximum Gasteiger partial charge on any atom is 0.417 e. The van der Waals surface area contributed by atoms with E-state index in [1.54, 1.807) is 0 Å². The van der Waals surface area contributed by atoms with Gasteiger partial charge in [0.15, 0.2) is 11.6 Å². The lowest BCUT2D eigenvalue weighted by Crippen LogP contribution is -2.11. The van der Waals surface area contributed by atoms with Crippen molar-refractivity contribution in [1.29, 1.82) is 0 Å². The maximum atomic E-state index is 13.3. The molecule has 16 heavy (non-hydrogen) atoms. The van der Waals surface area contributed by atoms with Crippen molar-refractivity contribution < 1.29 is 22.4 Å². The number of carbonyl (C=O) groups is 1. The second-order valence-corrected chi connectivity index (χ2v) is 3.49. The molecule has 0 aliphatic carbocycles. The molecular formula is C9H4Cl2F4O. The molecule has 1 aromatic carbocycles. The summed E-state index contributed by atoms with van der Waals surface area (Å²) in [4.78, 5) is 11.0. The van der Waals surface area contributed by atoms with E-state index in [0.29, 0.717) is 6.07 Å². The first-order chi connectivity index (χ1) is 7.29. The lowest BCUT2D eigenvalue weighted by molar-refractivity contribution is -0.137. The minimum Gasteiger partial charge on any atom is -0.293 e. The van der Waals surface area contributed by atoms with Crippen molar-refractivity contribution in [1.82, 2.24) is 0 Å². The Morgan fingerprint density at radius 1 is 1.31 bits per heavy atom. The van der Waals surface area contributed by atoms with Gasteiger partial charge in [-0.3, -0.25) is 4.79 Å². The fourth-order valence-corrected chi connectivity index (χ4v) is 1.47.